The number of carbonyl (C=O) groups excluding carboxylic acids is 1. The summed E-state index contributed by atoms with van der Waals surface area (Å²) < 4.78 is 5.62. The smallest absolute Gasteiger partial charge is 0.257 e. The Bertz CT molecular complexity index is 742. The highest BCUT2D eigenvalue weighted by atomic mass is 16.3. The van der Waals surface area contributed by atoms with E-state index >= 15 is 0 Å². The van der Waals surface area contributed by atoms with Crippen LogP contribution in [0.2, 0.25) is 0 Å². The summed E-state index contributed by atoms with van der Waals surface area (Å²) in [5.74, 6) is 1.55. The molecular weight excluding hydrogens is 300 g/mol. The molecule has 4 nitrogen and oxygen atoms in total. The van der Waals surface area contributed by atoms with Gasteiger partial charge in [0.25, 0.3) is 5.91 Å². The standard InChI is InChI=1S/C20H26N2O2/c1-14-15(2)24-16(3)19(14)20(23)21(4)13-17-9-5-6-10-18(17)22-11-7-8-12-22/h5-6,9-10H,7-8,11-13H2,1-4H3. The first-order chi connectivity index (χ1) is 11.5. The van der Waals surface area contributed by atoms with Crippen molar-refractivity contribution in [3.8, 4) is 0 Å². The molecule has 1 fully saturated rings. The number of para-hydroxylation sites is 1. The predicted molar refractivity (Wildman–Crippen MR) is 96.6 cm³/mol. The van der Waals surface area contributed by atoms with E-state index in [0.717, 1.165) is 24.4 Å². The van der Waals surface area contributed by atoms with E-state index < -0.39 is 0 Å². The normalized spacial score (nSPS) is 14.2. The minimum Gasteiger partial charge on any atom is -0.466 e. The molecule has 0 N–H and O–H groups in total. The number of nitrogens with zero attached hydrogens (tertiary/aromatic N) is 2. The Morgan fingerprint density at radius 2 is 1.79 bits per heavy atom. The molecule has 0 aliphatic carbocycles. The van der Waals surface area contributed by atoms with Gasteiger partial charge < -0.3 is 14.2 Å². The molecule has 128 valence electrons. The Labute approximate surface area is 144 Å². The Kier molecular flexibility index (Phi) is 4.65. The van der Waals surface area contributed by atoms with Crippen LogP contribution in [0.5, 0.6) is 0 Å². The predicted octanol–water partition coefficient (Wildman–Crippen LogP) is 4.08. The van der Waals surface area contributed by atoms with Crippen LogP contribution < -0.4 is 4.90 Å². The van der Waals surface area contributed by atoms with Crippen LogP contribution in [0.15, 0.2) is 28.7 Å². The number of hydrogen-bond acceptors (Lipinski definition) is 3. The van der Waals surface area contributed by atoms with E-state index in [4.69, 9.17) is 4.42 Å². The molecule has 3 rings (SSSR count). The molecule has 4 heteroatoms. The average molecular weight is 326 g/mol. The maximum absolute atomic E-state index is 12.9. The molecule has 0 atom stereocenters. The van der Waals surface area contributed by atoms with Crippen LogP contribution in [0, 0.1) is 20.8 Å². The monoisotopic (exact) mass is 326 g/mol. The van der Waals surface area contributed by atoms with Crippen LogP contribution in [0.4, 0.5) is 5.69 Å². The van der Waals surface area contributed by atoms with Gasteiger partial charge in [0, 0.05) is 37.9 Å². The lowest BCUT2D eigenvalue weighted by atomic mass is 10.1. The molecule has 24 heavy (non-hydrogen) atoms. The van der Waals surface area contributed by atoms with E-state index in [2.05, 4.69) is 23.1 Å². The zero-order valence-corrected chi connectivity index (χ0v) is 15.1. The summed E-state index contributed by atoms with van der Waals surface area (Å²) in [6, 6.07) is 8.41. The summed E-state index contributed by atoms with van der Waals surface area (Å²) in [5.41, 5.74) is 4.10. The van der Waals surface area contributed by atoms with Crippen molar-refractivity contribution in [2.75, 3.05) is 25.0 Å². The highest BCUT2D eigenvalue weighted by Crippen LogP contribution is 2.27. The topological polar surface area (TPSA) is 36.7 Å². The maximum atomic E-state index is 12.9. The first kappa shape index (κ1) is 16.6. The minimum atomic E-state index is 0.0260. The van der Waals surface area contributed by atoms with E-state index in [1.807, 2.05) is 33.9 Å². The van der Waals surface area contributed by atoms with Gasteiger partial charge in [-0.25, -0.2) is 0 Å². The van der Waals surface area contributed by atoms with Gasteiger partial charge >= 0.3 is 0 Å². The van der Waals surface area contributed by atoms with Gasteiger partial charge in [-0.3, -0.25) is 4.79 Å². The summed E-state index contributed by atoms with van der Waals surface area (Å²) in [5, 5.41) is 0. The van der Waals surface area contributed by atoms with Gasteiger partial charge in [-0.2, -0.15) is 0 Å². The van der Waals surface area contributed by atoms with Gasteiger partial charge in [0.1, 0.15) is 11.5 Å². The molecule has 1 aliphatic rings. The summed E-state index contributed by atoms with van der Waals surface area (Å²) >= 11 is 0. The third-order valence-electron chi connectivity index (χ3n) is 4.97. The van der Waals surface area contributed by atoms with Crippen LogP contribution in [-0.2, 0) is 6.54 Å². The average Bonchev–Trinajstić information content (AvgIpc) is 3.17. The van der Waals surface area contributed by atoms with Crippen LogP contribution in [-0.4, -0.2) is 30.9 Å². The number of carbonyl (C=O) groups is 1. The molecule has 0 unspecified atom stereocenters. The number of amides is 1. The van der Waals surface area contributed by atoms with Crippen LogP contribution in [0.1, 0.15) is 45.8 Å². The van der Waals surface area contributed by atoms with Crippen molar-refractivity contribution >= 4 is 11.6 Å². The third-order valence-corrected chi connectivity index (χ3v) is 4.97. The van der Waals surface area contributed by atoms with Gasteiger partial charge in [0.2, 0.25) is 0 Å². The quantitative estimate of drug-likeness (QED) is 0.849. The zero-order valence-electron chi connectivity index (χ0n) is 15.1. The van der Waals surface area contributed by atoms with Gasteiger partial charge in [0.05, 0.1) is 5.56 Å². The van der Waals surface area contributed by atoms with Crippen molar-refractivity contribution in [2.45, 2.75) is 40.2 Å². The Balaban J connectivity index is 1.82. The molecule has 1 aromatic carbocycles. The van der Waals surface area contributed by atoms with Gasteiger partial charge in [-0.05, 0) is 45.2 Å². The lowest BCUT2D eigenvalue weighted by Crippen LogP contribution is -2.28. The summed E-state index contributed by atoms with van der Waals surface area (Å²) in [4.78, 5) is 17.1. The lowest BCUT2D eigenvalue weighted by molar-refractivity contribution is 0.0783. The fraction of sp³-hybridized carbons (Fsp3) is 0.450. The minimum absolute atomic E-state index is 0.0260. The molecule has 1 saturated heterocycles. The van der Waals surface area contributed by atoms with Crippen LogP contribution >= 0.6 is 0 Å². The molecular formula is C20H26N2O2. The number of rotatable bonds is 4. The second-order valence-electron chi connectivity index (χ2n) is 6.70. The van der Waals surface area contributed by atoms with Crippen LogP contribution in [0.3, 0.4) is 0 Å². The SMILES string of the molecule is Cc1oc(C)c(C(=O)N(C)Cc2ccccc2N2CCCC2)c1C. The van der Waals surface area contributed by atoms with Crippen molar-refractivity contribution in [3.05, 3.63) is 52.5 Å². The van der Waals surface area contributed by atoms with Gasteiger partial charge in [-0.15, -0.1) is 0 Å². The number of hydrogen-bond donors (Lipinski definition) is 0. The largest absolute Gasteiger partial charge is 0.466 e. The molecule has 1 amide bonds. The molecule has 0 spiro atoms. The lowest BCUT2D eigenvalue weighted by Gasteiger charge is -2.24. The second kappa shape index (κ2) is 6.71. The number of aryl methyl sites for hydroxylation is 2. The van der Waals surface area contributed by atoms with E-state index in [1.165, 1.54) is 24.1 Å². The van der Waals surface area contributed by atoms with Crippen molar-refractivity contribution < 1.29 is 9.21 Å². The Morgan fingerprint density at radius 3 is 2.42 bits per heavy atom. The fourth-order valence-electron chi connectivity index (χ4n) is 3.54. The highest BCUT2D eigenvalue weighted by Gasteiger charge is 2.23. The number of benzene rings is 1. The van der Waals surface area contributed by atoms with E-state index in [-0.39, 0.29) is 5.91 Å². The van der Waals surface area contributed by atoms with Crippen molar-refractivity contribution in [1.29, 1.82) is 0 Å². The van der Waals surface area contributed by atoms with Crippen molar-refractivity contribution in [2.24, 2.45) is 0 Å². The van der Waals surface area contributed by atoms with E-state index in [9.17, 15) is 4.79 Å². The molecule has 0 saturated carbocycles. The fourth-order valence-corrected chi connectivity index (χ4v) is 3.54. The molecule has 2 aromatic rings. The van der Waals surface area contributed by atoms with Crippen LogP contribution in [0.25, 0.3) is 0 Å². The van der Waals surface area contributed by atoms with Crippen molar-refractivity contribution in [3.63, 3.8) is 0 Å². The summed E-state index contributed by atoms with van der Waals surface area (Å²) in [7, 11) is 1.87. The highest BCUT2D eigenvalue weighted by molar-refractivity contribution is 5.96. The molecule has 0 bridgehead atoms. The molecule has 1 aromatic heterocycles. The summed E-state index contributed by atoms with van der Waals surface area (Å²) in [6.45, 7) is 8.53. The Morgan fingerprint density at radius 1 is 1.12 bits per heavy atom. The molecule has 1 aliphatic heterocycles. The van der Waals surface area contributed by atoms with E-state index in [1.54, 1.807) is 4.90 Å². The van der Waals surface area contributed by atoms with Gasteiger partial charge in [0.15, 0.2) is 0 Å². The first-order valence-corrected chi connectivity index (χ1v) is 8.64. The summed E-state index contributed by atoms with van der Waals surface area (Å²) in [6.07, 6.45) is 2.49. The third kappa shape index (κ3) is 3.05. The van der Waals surface area contributed by atoms with Crippen molar-refractivity contribution in [1.82, 2.24) is 4.90 Å². The van der Waals surface area contributed by atoms with E-state index in [0.29, 0.717) is 17.9 Å². The zero-order chi connectivity index (χ0) is 17.3. The molecule has 0 radical (unpaired) electrons. The molecule has 2 heterocycles. The van der Waals surface area contributed by atoms with Gasteiger partial charge in [-0.1, -0.05) is 18.2 Å². The maximum Gasteiger partial charge on any atom is 0.257 e. The number of anilines is 1. The number of furan rings is 1. The Hall–Kier alpha value is -2.23. The second-order valence-corrected chi connectivity index (χ2v) is 6.70. The first-order valence-electron chi connectivity index (χ1n) is 8.64.